The maximum absolute atomic E-state index is 12.5. The van der Waals surface area contributed by atoms with Crippen LogP contribution >= 0.6 is 0 Å². The highest BCUT2D eigenvalue weighted by Crippen LogP contribution is 2.27. The largest absolute Gasteiger partial charge is 0.496 e. The number of benzene rings is 1. The Kier molecular flexibility index (Phi) is 4.67. The monoisotopic (exact) mass is 296 g/mol. The van der Waals surface area contributed by atoms with Crippen LogP contribution in [0.4, 0.5) is 0 Å². The van der Waals surface area contributed by atoms with E-state index in [9.17, 15) is 4.79 Å². The summed E-state index contributed by atoms with van der Waals surface area (Å²) in [5.74, 6) is 0.815. The molecule has 2 aromatic rings. The normalized spacial score (nSPS) is 11.8. The van der Waals surface area contributed by atoms with Crippen molar-refractivity contribution in [3.8, 4) is 23.1 Å². The van der Waals surface area contributed by atoms with E-state index in [1.54, 1.807) is 17.7 Å². The van der Waals surface area contributed by atoms with Gasteiger partial charge in [-0.3, -0.25) is 4.79 Å². The first-order chi connectivity index (χ1) is 10.5. The number of hydrogen-bond donors (Lipinski definition) is 0. The molecule has 4 nitrogen and oxygen atoms in total. The third-order valence-corrected chi connectivity index (χ3v) is 3.96. The number of aromatic nitrogens is 1. The molecule has 0 radical (unpaired) electrons. The zero-order valence-electron chi connectivity index (χ0n) is 13.4. The lowest BCUT2D eigenvalue weighted by atomic mass is 10.0. The van der Waals surface area contributed by atoms with Crippen molar-refractivity contribution in [3.05, 3.63) is 51.8 Å². The van der Waals surface area contributed by atoms with Crippen molar-refractivity contribution in [3.63, 3.8) is 0 Å². The molecule has 0 aliphatic rings. The van der Waals surface area contributed by atoms with Crippen LogP contribution in [-0.4, -0.2) is 11.7 Å². The molecule has 0 fully saturated rings. The molecule has 0 N–H and O–H groups in total. The van der Waals surface area contributed by atoms with E-state index in [2.05, 4.69) is 0 Å². The van der Waals surface area contributed by atoms with Crippen molar-refractivity contribution in [2.75, 3.05) is 7.11 Å². The lowest BCUT2D eigenvalue weighted by molar-refractivity contribution is 0.411. The predicted molar refractivity (Wildman–Crippen MR) is 87.1 cm³/mol. The van der Waals surface area contributed by atoms with E-state index in [4.69, 9.17) is 10.00 Å². The van der Waals surface area contributed by atoms with Crippen LogP contribution in [0.5, 0.6) is 5.75 Å². The van der Waals surface area contributed by atoms with Gasteiger partial charge in [-0.15, -0.1) is 0 Å². The van der Waals surface area contributed by atoms with Gasteiger partial charge in [-0.25, -0.2) is 0 Å². The molecule has 1 unspecified atom stereocenters. The zero-order valence-corrected chi connectivity index (χ0v) is 13.4. The van der Waals surface area contributed by atoms with Crippen molar-refractivity contribution in [1.29, 1.82) is 5.26 Å². The van der Waals surface area contributed by atoms with E-state index >= 15 is 0 Å². The van der Waals surface area contributed by atoms with Crippen LogP contribution in [0.25, 0.3) is 11.3 Å². The van der Waals surface area contributed by atoms with E-state index in [0.29, 0.717) is 0 Å². The van der Waals surface area contributed by atoms with E-state index < -0.39 is 0 Å². The minimum absolute atomic E-state index is 0.0261. The van der Waals surface area contributed by atoms with Gasteiger partial charge in [0.2, 0.25) is 0 Å². The van der Waals surface area contributed by atoms with Crippen LogP contribution in [0.2, 0.25) is 0 Å². The topological polar surface area (TPSA) is 55.0 Å². The quantitative estimate of drug-likeness (QED) is 0.865. The smallest absolute Gasteiger partial charge is 0.269 e. The highest BCUT2D eigenvalue weighted by molar-refractivity contribution is 5.63. The van der Waals surface area contributed by atoms with Crippen LogP contribution in [0.1, 0.15) is 37.4 Å². The van der Waals surface area contributed by atoms with Gasteiger partial charge in [-0.05, 0) is 61.7 Å². The summed E-state index contributed by atoms with van der Waals surface area (Å²) in [6, 6.07) is 11.3. The average molecular weight is 296 g/mol. The summed E-state index contributed by atoms with van der Waals surface area (Å²) >= 11 is 0. The maximum atomic E-state index is 12.5. The number of nitrogens with zero attached hydrogens (tertiary/aromatic N) is 2. The number of aryl methyl sites for hydroxylation is 1. The lowest BCUT2D eigenvalue weighted by Crippen LogP contribution is -2.26. The highest BCUT2D eigenvalue weighted by atomic mass is 16.5. The van der Waals surface area contributed by atoms with Crippen LogP contribution < -0.4 is 10.3 Å². The third kappa shape index (κ3) is 2.75. The van der Waals surface area contributed by atoms with Gasteiger partial charge in [0, 0.05) is 6.04 Å². The molecule has 114 valence electrons. The predicted octanol–water partition coefficient (Wildman–Crippen LogP) is 3.68. The molecule has 1 atom stereocenters. The first-order valence-corrected chi connectivity index (χ1v) is 7.34. The van der Waals surface area contributed by atoms with E-state index in [0.717, 1.165) is 29.0 Å². The zero-order chi connectivity index (χ0) is 16.3. The van der Waals surface area contributed by atoms with Crippen LogP contribution in [0.15, 0.2) is 35.1 Å². The fourth-order valence-corrected chi connectivity index (χ4v) is 2.53. The average Bonchev–Trinajstić information content (AvgIpc) is 2.53. The third-order valence-electron chi connectivity index (χ3n) is 3.96. The molecular formula is C18H20N2O2. The molecule has 0 aliphatic heterocycles. The molecule has 0 bridgehead atoms. The second-order valence-electron chi connectivity index (χ2n) is 5.36. The van der Waals surface area contributed by atoms with Crippen LogP contribution in [0, 0.1) is 18.3 Å². The van der Waals surface area contributed by atoms with Crippen molar-refractivity contribution >= 4 is 0 Å². The van der Waals surface area contributed by atoms with Gasteiger partial charge in [-0.2, -0.15) is 5.26 Å². The molecule has 1 heterocycles. The number of methoxy groups -OCH3 is 1. The van der Waals surface area contributed by atoms with Gasteiger partial charge in [-0.1, -0.05) is 6.92 Å². The van der Waals surface area contributed by atoms with Crippen molar-refractivity contribution in [1.82, 2.24) is 4.57 Å². The van der Waals surface area contributed by atoms with Gasteiger partial charge < -0.3 is 9.30 Å². The molecule has 0 spiro atoms. The standard InChI is InChI=1S/C18H20N2O2/c1-5-13(3)20-16(8-6-15(11-19)18(20)21)14-7-9-17(22-4)12(2)10-14/h6-10,13H,5H2,1-4H3. The first kappa shape index (κ1) is 15.8. The minimum Gasteiger partial charge on any atom is -0.496 e. The molecule has 2 rings (SSSR count). The van der Waals surface area contributed by atoms with E-state index in [1.165, 1.54) is 0 Å². The molecular weight excluding hydrogens is 276 g/mol. The fraction of sp³-hybridized carbons (Fsp3) is 0.333. The van der Waals surface area contributed by atoms with Gasteiger partial charge in [0.1, 0.15) is 17.4 Å². The van der Waals surface area contributed by atoms with Gasteiger partial charge in [0.15, 0.2) is 0 Å². The number of pyridine rings is 1. The summed E-state index contributed by atoms with van der Waals surface area (Å²) in [5, 5.41) is 9.09. The van der Waals surface area contributed by atoms with E-state index in [-0.39, 0.29) is 17.2 Å². The van der Waals surface area contributed by atoms with Crippen LogP contribution in [0.3, 0.4) is 0 Å². The number of rotatable bonds is 4. The summed E-state index contributed by atoms with van der Waals surface area (Å²) < 4.78 is 6.99. The van der Waals surface area contributed by atoms with Gasteiger partial charge in [0.05, 0.1) is 12.8 Å². The second-order valence-corrected chi connectivity index (χ2v) is 5.36. The summed E-state index contributed by atoms with van der Waals surface area (Å²) in [5.41, 5.74) is 2.72. The summed E-state index contributed by atoms with van der Waals surface area (Å²) in [7, 11) is 1.64. The van der Waals surface area contributed by atoms with Gasteiger partial charge in [0.25, 0.3) is 5.56 Å². The van der Waals surface area contributed by atoms with E-state index in [1.807, 2.05) is 51.1 Å². The molecule has 22 heavy (non-hydrogen) atoms. The maximum Gasteiger partial charge on any atom is 0.269 e. The summed E-state index contributed by atoms with van der Waals surface area (Å²) in [6.45, 7) is 5.99. The minimum atomic E-state index is -0.233. The number of nitriles is 1. The molecule has 4 heteroatoms. The van der Waals surface area contributed by atoms with Crippen molar-refractivity contribution in [2.45, 2.75) is 33.2 Å². The Morgan fingerprint density at radius 2 is 2.05 bits per heavy atom. The molecule has 1 aromatic heterocycles. The van der Waals surface area contributed by atoms with Crippen LogP contribution in [-0.2, 0) is 0 Å². The fourth-order valence-electron chi connectivity index (χ4n) is 2.53. The molecule has 0 aliphatic carbocycles. The lowest BCUT2D eigenvalue weighted by Gasteiger charge is -2.19. The molecule has 0 amide bonds. The SMILES string of the molecule is CCC(C)n1c(-c2ccc(OC)c(C)c2)ccc(C#N)c1=O. The molecule has 0 saturated carbocycles. The second kappa shape index (κ2) is 6.48. The van der Waals surface area contributed by atoms with Gasteiger partial charge >= 0.3 is 0 Å². The Labute approximate surface area is 130 Å². The number of hydrogen-bond acceptors (Lipinski definition) is 3. The Hall–Kier alpha value is -2.54. The summed E-state index contributed by atoms with van der Waals surface area (Å²) in [6.07, 6.45) is 0.816. The Balaban J connectivity index is 2.70. The highest BCUT2D eigenvalue weighted by Gasteiger charge is 2.15. The summed E-state index contributed by atoms with van der Waals surface area (Å²) in [4.78, 5) is 12.5. The first-order valence-electron chi connectivity index (χ1n) is 7.34. The van der Waals surface area contributed by atoms with Crippen molar-refractivity contribution in [2.24, 2.45) is 0 Å². The number of ether oxygens (including phenoxy) is 1. The van der Waals surface area contributed by atoms with Crippen molar-refractivity contribution < 1.29 is 4.74 Å². The Bertz CT molecular complexity index is 785. The molecule has 0 saturated heterocycles. The Morgan fingerprint density at radius 3 is 2.59 bits per heavy atom. The molecule has 1 aromatic carbocycles. The Morgan fingerprint density at radius 1 is 1.32 bits per heavy atom.